The van der Waals surface area contributed by atoms with Crippen molar-refractivity contribution in [3.63, 3.8) is 0 Å². The normalized spacial score (nSPS) is 51.1. The summed E-state index contributed by atoms with van der Waals surface area (Å²) in [5, 5.41) is 91.4. The lowest BCUT2D eigenvalue weighted by molar-refractivity contribution is -0.384. The van der Waals surface area contributed by atoms with Crippen LogP contribution in [0.4, 0.5) is 0 Å². The Balaban J connectivity index is 1.85. The maximum absolute atomic E-state index is 11.9. The molecule has 0 bridgehead atoms. The Kier molecular flexibility index (Phi) is 9.38. The Labute approximate surface area is 198 Å². The molecule has 0 aromatic heterocycles. The molecule has 0 aromatic rings. The first-order valence-corrected chi connectivity index (χ1v) is 10.8. The van der Waals surface area contributed by atoms with Crippen LogP contribution in [0.2, 0.25) is 0 Å². The highest BCUT2D eigenvalue weighted by Gasteiger charge is 2.54. The van der Waals surface area contributed by atoms with Gasteiger partial charge in [0.1, 0.15) is 61.0 Å². The second kappa shape index (κ2) is 11.5. The van der Waals surface area contributed by atoms with Gasteiger partial charge in [0.15, 0.2) is 25.0 Å². The van der Waals surface area contributed by atoms with Crippen molar-refractivity contribution in [2.24, 2.45) is 0 Å². The molecule has 16 nitrogen and oxygen atoms in total. The van der Waals surface area contributed by atoms with Crippen LogP contribution in [0, 0.1) is 0 Å². The van der Waals surface area contributed by atoms with Gasteiger partial charge in [0.05, 0.1) is 19.8 Å². The number of rotatable bonds is 6. The fourth-order valence-electron chi connectivity index (χ4n) is 4.07. The number of esters is 1. The van der Waals surface area contributed by atoms with Crippen LogP contribution in [0.1, 0.15) is 6.92 Å². The second-order valence-corrected chi connectivity index (χ2v) is 8.54. The van der Waals surface area contributed by atoms with Crippen molar-refractivity contribution >= 4 is 5.97 Å². The van der Waals surface area contributed by atoms with Crippen molar-refractivity contribution in [2.75, 3.05) is 13.7 Å². The summed E-state index contributed by atoms with van der Waals surface area (Å²) in [6.07, 6.45) is -25.7. The molecule has 3 aliphatic rings. The standard InChI is InChI=1S/C19H32O16/c1-4-6(21)8(23)10(25)18(31-4)35-15-9(24)7(22)5(3-20)32-19(15)34-13-11(26)14(17(29)30-2)33-16(28)12(13)27/h4-16,18-28H,3H2,1-2H3/t4-,5+,6-,7+,8+,9-,10+,11-,12+,13-,14-,15+,16?,18-,19-/m0/s1. The van der Waals surface area contributed by atoms with Gasteiger partial charge in [-0.15, -0.1) is 0 Å². The fourth-order valence-corrected chi connectivity index (χ4v) is 4.07. The van der Waals surface area contributed by atoms with Gasteiger partial charge in [-0.3, -0.25) is 0 Å². The third-order valence-corrected chi connectivity index (χ3v) is 6.21. The van der Waals surface area contributed by atoms with E-state index in [2.05, 4.69) is 4.74 Å². The van der Waals surface area contributed by atoms with E-state index in [0.29, 0.717) is 0 Å². The molecule has 204 valence electrons. The van der Waals surface area contributed by atoms with Crippen LogP contribution in [0.15, 0.2) is 0 Å². The van der Waals surface area contributed by atoms with Crippen LogP contribution < -0.4 is 0 Å². The zero-order valence-corrected chi connectivity index (χ0v) is 18.8. The van der Waals surface area contributed by atoms with E-state index in [9.17, 15) is 50.8 Å². The summed E-state index contributed by atoms with van der Waals surface area (Å²) in [4.78, 5) is 11.9. The first-order chi connectivity index (χ1) is 16.4. The van der Waals surface area contributed by atoms with Crippen LogP contribution in [0.25, 0.3) is 0 Å². The molecule has 1 unspecified atom stereocenters. The first kappa shape index (κ1) is 28.5. The largest absolute Gasteiger partial charge is 0.467 e. The minimum absolute atomic E-state index is 0.804. The monoisotopic (exact) mass is 516 g/mol. The smallest absolute Gasteiger partial charge is 0.337 e. The Morgan fingerprint density at radius 1 is 0.714 bits per heavy atom. The molecule has 0 spiro atoms. The van der Waals surface area contributed by atoms with Crippen LogP contribution in [-0.4, -0.2) is 158 Å². The van der Waals surface area contributed by atoms with Gasteiger partial charge in [-0.05, 0) is 6.92 Å². The Bertz CT molecular complexity index is 710. The van der Waals surface area contributed by atoms with Crippen LogP contribution >= 0.6 is 0 Å². The van der Waals surface area contributed by atoms with Gasteiger partial charge >= 0.3 is 5.97 Å². The van der Waals surface area contributed by atoms with Crippen molar-refractivity contribution in [1.29, 1.82) is 0 Å². The molecule has 3 aliphatic heterocycles. The predicted molar refractivity (Wildman–Crippen MR) is 105 cm³/mol. The summed E-state index contributed by atoms with van der Waals surface area (Å²) in [7, 11) is 0.991. The van der Waals surface area contributed by atoms with Gasteiger partial charge in [-0.1, -0.05) is 0 Å². The third kappa shape index (κ3) is 5.60. The third-order valence-electron chi connectivity index (χ3n) is 6.21. The molecule has 3 heterocycles. The minimum Gasteiger partial charge on any atom is -0.467 e. The quantitative estimate of drug-likeness (QED) is 0.149. The summed E-state index contributed by atoms with van der Waals surface area (Å²) >= 11 is 0. The summed E-state index contributed by atoms with van der Waals surface area (Å²) < 4.78 is 31.2. The van der Waals surface area contributed by atoms with Gasteiger partial charge in [-0.2, -0.15) is 0 Å². The van der Waals surface area contributed by atoms with Crippen molar-refractivity contribution < 1.29 is 79.2 Å². The fraction of sp³-hybridized carbons (Fsp3) is 0.947. The summed E-state index contributed by atoms with van der Waals surface area (Å²) in [5.74, 6) is -1.10. The summed E-state index contributed by atoms with van der Waals surface area (Å²) in [6, 6.07) is 0. The van der Waals surface area contributed by atoms with E-state index in [4.69, 9.17) is 23.7 Å². The lowest BCUT2D eigenvalue weighted by Crippen LogP contribution is -2.67. The maximum atomic E-state index is 11.9. The van der Waals surface area contributed by atoms with E-state index >= 15 is 0 Å². The van der Waals surface area contributed by atoms with Crippen molar-refractivity contribution in [3.8, 4) is 0 Å². The molecule has 0 radical (unpaired) electrons. The maximum Gasteiger partial charge on any atom is 0.337 e. The number of aliphatic hydroxyl groups is 9. The molecule has 0 amide bonds. The molecule has 16 heteroatoms. The zero-order chi connectivity index (χ0) is 26.2. The van der Waals surface area contributed by atoms with E-state index in [1.165, 1.54) is 6.92 Å². The Morgan fingerprint density at radius 3 is 1.94 bits per heavy atom. The summed E-state index contributed by atoms with van der Waals surface area (Å²) in [5.41, 5.74) is 0. The topological polar surface area (TPSA) is 255 Å². The average molecular weight is 516 g/mol. The molecule has 0 aliphatic carbocycles. The molecule has 3 rings (SSSR count). The van der Waals surface area contributed by atoms with E-state index in [1.807, 2.05) is 0 Å². The van der Waals surface area contributed by atoms with Crippen LogP contribution in [0.3, 0.4) is 0 Å². The lowest BCUT2D eigenvalue weighted by Gasteiger charge is -2.47. The molecular weight excluding hydrogens is 484 g/mol. The second-order valence-electron chi connectivity index (χ2n) is 8.54. The molecule has 15 atom stereocenters. The number of aliphatic hydroxyl groups excluding tert-OH is 9. The zero-order valence-electron chi connectivity index (χ0n) is 18.8. The molecule has 0 saturated carbocycles. The molecule has 3 fully saturated rings. The highest BCUT2D eigenvalue weighted by Crippen LogP contribution is 2.32. The van der Waals surface area contributed by atoms with Crippen LogP contribution in [0.5, 0.6) is 0 Å². The predicted octanol–water partition coefficient (Wildman–Crippen LogP) is -6.36. The first-order valence-electron chi connectivity index (χ1n) is 10.8. The molecule has 35 heavy (non-hydrogen) atoms. The number of methoxy groups -OCH3 is 1. The number of ether oxygens (including phenoxy) is 6. The number of hydrogen-bond donors (Lipinski definition) is 9. The highest BCUT2D eigenvalue weighted by atomic mass is 16.8. The Hall–Kier alpha value is -1.09. The van der Waals surface area contributed by atoms with Crippen molar-refractivity contribution in [2.45, 2.75) is 99.0 Å². The minimum atomic E-state index is -2.01. The van der Waals surface area contributed by atoms with E-state index < -0.39 is 105 Å². The summed E-state index contributed by atoms with van der Waals surface area (Å²) in [6.45, 7) is 0.569. The van der Waals surface area contributed by atoms with E-state index in [0.717, 1.165) is 7.11 Å². The van der Waals surface area contributed by atoms with E-state index in [1.54, 1.807) is 0 Å². The highest BCUT2D eigenvalue weighted by molar-refractivity contribution is 5.75. The molecule has 0 aromatic carbocycles. The van der Waals surface area contributed by atoms with E-state index in [-0.39, 0.29) is 0 Å². The van der Waals surface area contributed by atoms with Gasteiger partial charge < -0.3 is 74.4 Å². The SMILES string of the molecule is COC(=O)[C@H]1OC(O)[C@H](O)[C@@H](O[C@@H]2O[C@H](CO)[C@@H](O)[C@H](O)[C@H]2O[C@@H]2O[C@@H](C)[C@H](O)[C@@H](O)[C@H]2O)[C@@H]1O. The molecular formula is C19H32O16. The van der Waals surface area contributed by atoms with Gasteiger partial charge in [-0.25, -0.2) is 4.79 Å². The van der Waals surface area contributed by atoms with Crippen LogP contribution in [-0.2, 0) is 33.2 Å². The van der Waals surface area contributed by atoms with Gasteiger partial charge in [0, 0.05) is 0 Å². The van der Waals surface area contributed by atoms with Gasteiger partial charge in [0.25, 0.3) is 0 Å². The lowest BCUT2D eigenvalue weighted by atomic mass is 9.96. The van der Waals surface area contributed by atoms with Crippen molar-refractivity contribution in [3.05, 3.63) is 0 Å². The number of carbonyl (C=O) groups excluding carboxylic acids is 1. The molecule has 9 N–H and O–H groups in total. The molecule has 3 saturated heterocycles. The van der Waals surface area contributed by atoms with Gasteiger partial charge in [0.2, 0.25) is 0 Å². The number of hydrogen-bond acceptors (Lipinski definition) is 16. The Morgan fingerprint density at radius 2 is 1.34 bits per heavy atom. The average Bonchev–Trinajstić information content (AvgIpc) is 2.84. The van der Waals surface area contributed by atoms with Crippen molar-refractivity contribution in [1.82, 2.24) is 0 Å². The number of carbonyl (C=O) groups is 1.